The first-order chi connectivity index (χ1) is 19.1. The van der Waals surface area contributed by atoms with Crippen LogP contribution in [0.2, 0.25) is 0 Å². The molecule has 5 heterocycles. The van der Waals surface area contributed by atoms with Crippen LogP contribution in [0.4, 0.5) is 35.2 Å². The van der Waals surface area contributed by atoms with Crippen molar-refractivity contribution in [3.63, 3.8) is 0 Å². The molecule has 3 aliphatic heterocycles. The van der Waals surface area contributed by atoms with Gasteiger partial charge in [0.1, 0.15) is 12.7 Å². The molecule has 40 heavy (non-hydrogen) atoms. The average Bonchev–Trinajstić information content (AvgIpc) is 3.50. The third-order valence-electron chi connectivity index (χ3n) is 6.98. The number of nitrogens with zero attached hydrogens (tertiary/aromatic N) is 5. The van der Waals surface area contributed by atoms with Crippen molar-refractivity contribution in [1.29, 1.82) is 0 Å². The van der Waals surface area contributed by atoms with Crippen molar-refractivity contribution >= 4 is 23.2 Å². The minimum atomic E-state index is -4.50. The van der Waals surface area contributed by atoms with Gasteiger partial charge in [-0.15, -0.1) is 0 Å². The molecule has 0 saturated carbocycles. The highest BCUT2D eigenvalue weighted by Gasteiger charge is 2.41. The van der Waals surface area contributed by atoms with E-state index in [1.165, 1.54) is 18.3 Å². The Morgan fingerprint density at radius 1 is 1.23 bits per heavy atom. The topological polar surface area (TPSA) is 102 Å². The number of alkyl halides is 3. The Bertz CT molecular complexity index is 1440. The predicted molar refractivity (Wildman–Crippen MR) is 139 cm³/mol. The van der Waals surface area contributed by atoms with Crippen LogP contribution in [0.3, 0.4) is 0 Å². The molecule has 2 saturated heterocycles. The lowest BCUT2D eigenvalue weighted by atomic mass is 10.1. The summed E-state index contributed by atoms with van der Waals surface area (Å²) in [6.45, 7) is 5.62. The van der Waals surface area contributed by atoms with Crippen LogP contribution in [-0.4, -0.2) is 65.2 Å². The molecule has 6 rings (SSSR count). The minimum absolute atomic E-state index is 0.103. The number of hydrogen-bond donors (Lipinski definition) is 1. The fourth-order valence-corrected chi connectivity index (χ4v) is 5.12. The van der Waals surface area contributed by atoms with Gasteiger partial charge in [-0.3, -0.25) is 4.90 Å². The van der Waals surface area contributed by atoms with Gasteiger partial charge in [0.15, 0.2) is 17.4 Å². The van der Waals surface area contributed by atoms with Crippen molar-refractivity contribution in [3.8, 4) is 17.3 Å². The largest absolute Gasteiger partial charge is 0.475 e. The molecule has 3 aliphatic rings. The summed E-state index contributed by atoms with van der Waals surface area (Å²) >= 11 is 0. The van der Waals surface area contributed by atoms with E-state index in [9.17, 15) is 18.0 Å². The number of amides is 2. The third-order valence-corrected chi connectivity index (χ3v) is 6.98. The van der Waals surface area contributed by atoms with Crippen LogP contribution < -0.4 is 19.9 Å². The molecule has 210 valence electrons. The zero-order valence-electron chi connectivity index (χ0n) is 21.8. The van der Waals surface area contributed by atoms with Crippen LogP contribution in [0.15, 0.2) is 48.8 Å². The zero-order valence-corrected chi connectivity index (χ0v) is 21.8. The van der Waals surface area contributed by atoms with Crippen LogP contribution in [0.25, 0.3) is 11.4 Å². The Morgan fingerprint density at radius 2 is 2.08 bits per heavy atom. The first-order valence-corrected chi connectivity index (χ1v) is 12.9. The molecule has 0 unspecified atom stereocenters. The summed E-state index contributed by atoms with van der Waals surface area (Å²) in [5.41, 5.74) is 0.533. The molecule has 2 amide bonds. The molecule has 2 bridgehead atoms. The smallest absolute Gasteiger partial charge is 0.416 e. The van der Waals surface area contributed by atoms with E-state index in [2.05, 4.69) is 25.2 Å². The molecule has 13 heteroatoms. The molecule has 10 nitrogen and oxygen atoms in total. The van der Waals surface area contributed by atoms with Crippen LogP contribution in [0.1, 0.15) is 25.8 Å². The number of rotatable bonds is 5. The standard InChI is InChI=1S/C27H27F3N6O4/c1-26(2)39-15-20(40-26)14-38-22-11-18(6-8-31-22)33-25(37)36-19-7-9-35(13-19)21-12-32-23(34-24(21)36)16-4-3-5-17(10-16)27(28,29)30/h3-6,8,10-12,19-20H,7,9,13-15H2,1-2H3,(H,31,33,37)/t19-,20+/m0/s1. The highest BCUT2D eigenvalue weighted by Crippen LogP contribution is 2.40. The molecule has 1 N–H and O–H groups in total. The Morgan fingerprint density at radius 3 is 2.85 bits per heavy atom. The summed E-state index contributed by atoms with van der Waals surface area (Å²) in [7, 11) is 0. The van der Waals surface area contributed by atoms with Crippen LogP contribution in [-0.2, 0) is 15.7 Å². The Hall–Kier alpha value is -3.97. The number of benzene rings is 1. The molecule has 0 radical (unpaired) electrons. The molecule has 0 spiro atoms. The number of aromatic nitrogens is 3. The number of halogens is 3. The third kappa shape index (κ3) is 5.26. The summed E-state index contributed by atoms with van der Waals surface area (Å²) in [5.74, 6) is 0.0973. The van der Waals surface area contributed by atoms with Crippen molar-refractivity contribution in [2.24, 2.45) is 0 Å². The van der Waals surface area contributed by atoms with Gasteiger partial charge in [0.05, 0.1) is 30.1 Å². The van der Waals surface area contributed by atoms with Gasteiger partial charge in [0.25, 0.3) is 0 Å². The summed E-state index contributed by atoms with van der Waals surface area (Å²) in [6.07, 6.45) is -0.934. The number of carbonyl (C=O) groups is 1. The first kappa shape index (κ1) is 26.3. The van der Waals surface area contributed by atoms with Crippen LogP contribution >= 0.6 is 0 Å². The second-order valence-corrected chi connectivity index (χ2v) is 10.3. The van der Waals surface area contributed by atoms with Gasteiger partial charge in [0.2, 0.25) is 5.88 Å². The van der Waals surface area contributed by atoms with E-state index >= 15 is 0 Å². The van der Waals surface area contributed by atoms with Gasteiger partial charge < -0.3 is 24.4 Å². The molecule has 3 aromatic rings. The summed E-state index contributed by atoms with van der Waals surface area (Å²) in [5, 5.41) is 2.89. The van der Waals surface area contributed by atoms with E-state index in [0.29, 0.717) is 49.2 Å². The lowest BCUT2D eigenvalue weighted by molar-refractivity contribution is -0.141. The monoisotopic (exact) mass is 556 g/mol. The lowest BCUT2D eigenvalue weighted by Gasteiger charge is -2.35. The van der Waals surface area contributed by atoms with E-state index in [1.54, 1.807) is 23.2 Å². The van der Waals surface area contributed by atoms with Crippen molar-refractivity contribution in [3.05, 3.63) is 54.4 Å². The number of nitrogens with one attached hydrogen (secondary N) is 1. The molecule has 1 aromatic carbocycles. The van der Waals surface area contributed by atoms with Crippen molar-refractivity contribution in [1.82, 2.24) is 15.0 Å². The zero-order chi connectivity index (χ0) is 28.1. The molecule has 2 aromatic heterocycles. The maximum atomic E-state index is 13.6. The molecular formula is C27H27F3N6O4. The number of anilines is 3. The second kappa shape index (κ2) is 9.89. The molecule has 2 atom stereocenters. The Kier molecular flexibility index (Phi) is 6.50. The summed E-state index contributed by atoms with van der Waals surface area (Å²) in [4.78, 5) is 30.3. The highest BCUT2D eigenvalue weighted by molar-refractivity contribution is 6.04. The Balaban J connectivity index is 1.22. The van der Waals surface area contributed by atoms with Gasteiger partial charge in [-0.2, -0.15) is 13.2 Å². The summed E-state index contributed by atoms with van der Waals surface area (Å²) < 4.78 is 56.9. The molecular weight excluding hydrogens is 529 g/mol. The van der Waals surface area contributed by atoms with Gasteiger partial charge >= 0.3 is 12.2 Å². The molecule has 0 aliphatic carbocycles. The SMILES string of the molecule is CC1(C)OC[C@@H](COc2cc(NC(=O)N3c4nc(-c5cccc(C(F)(F)F)c5)ncc4N4CC[C@H]3C4)ccn2)O1. The van der Waals surface area contributed by atoms with E-state index in [1.807, 2.05) is 13.8 Å². The predicted octanol–water partition coefficient (Wildman–Crippen LogP) is 4.72. The minimum Gasteiger partial charge on any atom is -0.475 e. The number of fused-ring (bicyclic) bond motifs is 4. The number of ether oxygens (including phenoxy) is 3. The van der Waals surface area contributed by atoms with Crippen LogP contribution in [0.5, 0.6) is 5.88 Å². The summed E-state index contributed by atoms with van der Waals surface area (Å²) in [6, 6.07) is 7.50. The highest BCUT2D eigenvalue weighted by atomic mass is 19.4. The fourth-order valence-electron chi connectivity index (χ4n) is 5.12. The maximum Gasteiger partial charge on any atom is 0.416 e. The fraction of sp³-hybridized carbons (Fsp3) is 0.407. The number of urea groups is 1. The van der Waals surface area contributed by atoms with E-state index in [0.717, 1.165) is 12.1 Å². The van der Waals surface area contributed by atoms with Gasteiger partial charge in [-0.05, 0) is 38.5 Å². The van der Waals surface area contributed by atoms with Crippen LogP contribution in [0, 0.1) is 0 Å². The van der Waals surface area contributed by atoms with E-state index in [4.69, 9.17) is 14.2 Å². The van der Waals surface area contributed by atoms with Crippen molar-refractivity contribution in [2.45, 2.75) is 44.4 Å². The number of pyridine rings is 1. The van der Waals surface area contributed by atoms with E-state index < -0.39 is 23.6 Å². The second-order valence-electron chi connectivity index (χ2n) is 10.3. The Labute approximate surface area is 228 Å². The van der Waals surface area contributed by atoms with Crippen molar-refractivity contribution in [2.75, 3.05) is 41.4 Å². The maximum absolute atomic E-state index is 13.6. The van der Waals surface area contributed by atoms with Crippen molar-refractivity contribution < 1.29 is 32.2 Å². The molecule has 2 fully saturated rings. The van der Waals surface area contributed by atoms with E-state index in [-0.39, 0.29) is 30.1 Å². The average molecular weight is 557 g/mol. The van der Waals surface area contributed by atoms with Gasteiger partial charge in [0, 0.05) is 36.6 Å². The number of hydrogen-bond acceptors (Lipinski definition) is 8. The van der Waals surface area contributed by atoms with Gasteiger partial charge in [-0.25, -0.2) is 19.7 Å². The normalized spacial score (nSPS) is 21.3. The first-order valence-electron chi connectivity index (χ1n) is 12.9. The van der Waals surface area contributed by atoms with Gasteiger partial charge in [-0.1, -0.05) is 12.1 Å². The lowest BCUT2D eigenvalue weighted by Crippen LogP contribution is -2.48. The quantitative estimate of drug-likeness (QED) is 0.482. The number of carbonyl (C=O) groups excluding carboxylic acids is 1.